The van der Waals surface area contributed by atoms with Gasteiger partial charge in [-0.15, -0.1) is 0 Å². The molecule has 0 aliphatic carbocycles. The zero-order valence-corrected chi connectivity index (χ0v) is 12.6. The van der Waals surface area contributed by atoms with E-state index in [9.17, 15) is 4.79 Å². The Morgan fingerprint density at radius 3 is 2.68 bits per heavy atom. The van der Waals surface area contributed by atoms with E-state index in [1.165, 1.54) is 6.08 Å². The van der Waals surface area contributed by atoms with Crippen LogP contribution in [0.5, 0.6) is 0 Å². The first-order chi connectivity index (χ1) is 10.6. The van der Waals surface area contributed by atoms with Gasteiger partial charge in [-0.1, -0.05) is 37.3 Å². The average Bonchev–Trinajstić information content (AvgIpc) is 3.01. The predicted molar refractivity (Wildman–Crippen MR) is 83.6 cm³/mol. The quantitative estimate of drug-likeness (QED) is 0.471. The van der Waals surface area contributed by atoms with Crippen LogP contribution in [0.25, 0.3) is 17.4 Å². The maximum atomic E-state index is 11.9. The molecule has 1 heterocycles. The third kappa shape index (κ3) is 3.86. The van der Waals surface area contributed by atoms with Crippen molar-refractivity contribution in [1.29, 1.82) is 5.26 Å². The molecule has 4 nitrogen and oxygen atoms in total. The number of rotatable bonds is 5. The Hall–Kier alpha value is -2.80. The van der Waals surface area contributed by atoms with Crippen molar-refractivity contribution >= 4 is 12.0 Å². The van der Waals surface area contributed by atoms with Gasteiger partial charge in [0.25, 0.3) is 0 Å². The van der Waals surface area contributed by atoms with Gasteiger partial charge in [0.05, 0.1) is 6.10 Å². The fourth-order valence-corrected chi connectivity index (χ4v) is 1.80. The number of nitriles is 1. The first-order valence-corrected chi connectivity index (χ1v) is 7.12. The Kier molecular flexibility index (Phi) is 5.16. The van der Waals surface area contributed by atoms with Crippen molar-refractivity contribution in [3.05, 3.63) is 53.8 Å². The van der Waals surface area contributed by atoms with Gasteiger partial charge in [-0.05, 0) is 25.5 Å². The summed E-state index contributed by atoms with van der Waals surface area (Å²) < 4.78 is 10.8. The Bertz CT molecular complexity index is 707. The van der Waals surface area contributed by atoms with E-state index >= 15 is 0 Å². The molecule has 1 unspecified atom stereocenters. The minimum absolute atomic E-state index is 0.0748. The molecule has 0 radical (unpaired) electrons. The molecule has 0 saturated heterocycles. The second-order valence-corrected chi connectivity index (χ2v) is 4.86. The van der Waals surface area contributed by atoms with Crippen LogP contribution in [0.4, 0.5) is 0 Å². The standard InChI is InChI=1S/C18H17NO3/c1-3-13(2)21-18(20)15(12-19)11-16-9-10-17(22-16)14-7-5-4-6-8-14/h4-11,13H,3H2,1-2H3/b15-11+. The number of ether oxygens (including phenoxy) is 1. The van der Waals surface area contributed by atoms with Gasteiger partial charge in [0.2, 0.25) is 0 Å². The lowest BCUT2D eigenvalue weighted by atomic mass is 10.2. The van der Waals surface area contributed by atoms with E-state index in [1.54, 1.807) is 19.1 Å². The number of esters is 1. The predicted octanol–water partition coefficient (Wildman–Crippen LogP) is 4.20. The SMILES string of the molecule is CCC(C)OC(=O)/C(C#N)=C/c1ccc(-c2ccccc2)o1. The van der Waals surface area contributed by atoms with Crippen molar-refractivity contribution in [2.24, 2.45) is 0 Å². The second kappa shape index (κ2) is 7.28. The van der Waals surface area contributed by atoms with Crippen LogP contribution < -0.4 is 0 Å². The molecule has 2 aromatic rings. The normalized spacial score (nSPS) is 12.5. The molecule has 0 aliphatic heterocycles. The van der Waals surface area contributed by atoms with E-state index in [2.05, 4.69) is 0 Å². The number of carbonyl (C=O) groups excluding carboxylic acids is 1. The maximum absolute atomic E-state index is 11.9. The summed E-state index contributed by atoms with van der Waals surface area (Å²) in [5.41, 5.74) is 0.858. The minimum Gasteiger partial charge on any atom is -0.459 e. The highest BCUT2D eigenvalue weighted by Crippen LogP contribution is 2.23. The van der Waals surface area contributed by atoms with Gasteiger partial charge in [0.1, 0.15) is 23.2 Å². The molecule has 1 atom stereocenters. The summed E-state index contributed by atoms with van der Waals surface area (Å²) in [5.74, 6) is 0.491. The van der Waals surface area contributed by atoms with E-state index in [0.29, 0.717) is 17.9 Å². The fraction of sp³-hybridized carbons (Fsp3) is 0.222. The lowest BCUT2D eigenvalue weighted by Gasteiger charge is -2.09. The molecule has 0 amide bonds. The van der Waals surface area contributed by atoms with Gasteiger partial charge < -0.3 is 9.15 Å². The molecule has 4 heteroatoms. The van der Waals surface area contributed by atoms with Crippen LogP contribution in [0.15, 0.2) is 52.5 Å². The molecule has 0 spiro atoms. The maximum Gasteiger partial charge on any atom is 0.349 e. The van der Waals surface area contributed by atoms with Crippen LogP contribution >= 0.6 is 0 Å². The van der Waals surface area contributed by atoms with Crippen molar-refractivity contribution in [2.75, 3.05) is 0 Å². The van der Waals surface area contributed by atoms with Crippen LogP contribution in [0.2, 0.25) is 0 Å². The lowest BCUT2D eigenvalue weighted by Crippen LogP contribution is -2.15. The summed E-state index contributed by atoms with van der Waals surface area (Å²) in [6.45, 7) is 3.69. The number of furan rings is 1. The molecular formula is C18H17NO3. The molecule has 0 aliphatic rings. The van der Waals surface area contributed by atoms with E-state index in [4.69, 9.17) is 14.4 Å². The summed E-state index contributed by atoms with van der Waals surface area (Å²) in [4.78, 5) is 11.9. The van der Waals surface area contributed by atoms with Gasteiger partial charge in [-0.25, -0.2) is 4.79 Å². The van der Waals surface area contributed by atoms with Crippen molar-refractivity contribution in [3.63, 3.8) is 0 Å². The van der Waals surface area contributed by atoms with Gasteiger partial charge in [-0.2, -0.15) is 5.26 Å². The van der Waals surface area contributed by atoms with Crippen LogP contribution in [-0.2, 0) is 9.53 Å². The number of nitrogens with zero attached hydrogens (tertiary/aromatic N) is 1. The topological polar surface area (TPSA) is 63.2 Å². The van der Waals surface area contributed by atoms with Crippen LogP contribution in [-0.4, -0.2) is 12.1 Å². The number of benzene rings is 1. The zero-order chi connectivity index (χ0) is 15.9. The minimum atomic E-state index is -0.630. The highest BCUT2D eigenvalue weighted by Gasteiger charge is 2.14. The highest BCUT2D eigenvalue weighted by atomic mass is 16.5. The zero-order valence-electron chi connectivity index (χ0n) is 12.6. The molecule has 0 N–H and O–H groups in total. The van der Waals surface area contributed by atoms with Crippen molar-refractivity contribution in [1.82, 2.24) is 0 Å². The number of carbonyl (C=O) groups is 1. The van der Waals surface area contributed by atoms with E-state index in [1.807, 2.05) is 43.3 Å². The molecule has 0 saturated carbocycles. The largest absolute Gasteiger partial charge is 0.459 e. The van der Waals surface area contributed by atoms with E-state index in [-0.39, 0.29) is 11.7 Å². The summed E-state index contributed by atoms with van der Waals surface area (Å²) in [5, 5.41) is 9.11. The van der Waals surface area contributed by atoms with Crippen LogP contribution in [0.1, 0.15) is 26.0 Å². The summed E-state index contributed by atoms with van der Waals surface area (Å²) in [6.07, 6.45) is 1.88. The average molecular weight is 295 g/mol. The smallest absolute Gasteiger partial charge is 0.349 e. The summed E-state index contributed by atoms with van der Waals surface area (Å²) in [7, 11) is 0. The number of hydrogen-bond donors (Lipinski definition) is 0. The van der Waals surface area contributed by atoms with Crippen LogP contribution in [0, 0.1) is 11.3 Å². The molecule has 2 rings (SSSR count). The van der Waals surface area contributed by atoms with Gasteiger partial charge in [-0.3, -0.25) is 0 Å². The van der Waals surface area contributed by atoms with Gasteiger partial charge in [0, 0.05) is 11.6 Å². The molecular weight excluding hydrogens is 278 g/mol. The van der Waals surface area contributed by atoms with E-state index in [0.717, 1.165) is 5.56 Å². The Morgan fingerprint density at radius 2 is 2.05 bits per heavy atom. The second-order valence-electron chi connectivity index (χ2n) is 4.86. The third-order valence-electron chi connectivity index (χ3n) is 3.20. The lowest BCUT2D eigenvalue weighted by molar-refractivity contribution is -0.142. The highest BCUT2D eigenvalue weighted by molar-refractivity contribution is 5.97. The van der Waals surface area contributed by atoms with Crippen molar-refractivity contribution < 1.29 is 13.9 Å². The summed E-state index contributed by atoms with van der Waals surface area (Å²) in [6, 6.07) is 15.0. The van der Waals surface area contributed by atoms with Crippen LogP contribution in [0.3, 0.4) is 0 Å². The molecule has 1 aromatic carbocycles. The third-order valence-corrected chi connectivity index (χ3v) is 3.20. The molecule has 0 fully saturated rings. The molecule has 1 aromatic heterocycles. The number of hydrogen-bond acceptors (Lipinski definition) is 4. The molecule has 0 bridgehead atoms. The monoisotopic (exact) mass is 295 g/mol. The van der Waals surface area contributed by atoms with Crippen molar-refractivity contribution in [2.45, 2.75) is 26.4 Å². The Labute approximate surface area is 129 Å². The first-order valence-electron chi connectivity index (χ1n) is 7.12. The Morgan fingerprint density at radius 1 is 1.32 bits per heavy atom. The van der Waals surface area contributed by atoms with Gasteiger partial charge >= 0.3 is 5.97 Å². The molecule has 22 heavy (non-hydrogen) atoms. The first kappa shape index (κ1) is 15.6. The van der Waals surface area contributed by atoms with Crippen molar-refractivity contribution in [3.8, 4) is 17.4 Å². The Balaban J connectivity index is 2.19. The fourth-order valence-electron chi connectivity index (χ4n) is 1.80. The summed E-state index contributed by atoms with van der Waals surface area (Å²) >= 11 is 0. The molecule has 112 valence electrons. The van der Waals surface area contributed by atoms with E-state index < -0.39 is 5.97 Å². The van der Waals surface area contributed by atoms with Gasteiger partial charge in [0.15, 0.2) is 0 Å².